The van der Waals surface area contributed by atoms with Gasteiger partial charge in [0.05, 0.1) is 19.8 Å². The number of nitrogens with zero attached hydrogens (tertiary/aromatic N) is 4. The SMILES string of the molecule is CN(C)C1CCN(CCN=C(N)N2CCOCC2)CC1. The minimum absolute atomic E-state index is 0.677. The predicted octanol–water partition coefficient (Wildman–Crippen LogP) is -0.341. The van der Waals surface area contributed by atoms with Gasteiger partial charge in [0.2, 0.25) is 0 Å². The van der Waals surface area contributed by atoms with E-state index in [9.17, 15) is 0 Å². The van der Waals surface area contributed by atoms with E-state index in [2.05, 4.69) is 33.8 Å². The Hall–Kier alpha value is -0.850. The van der Waals surface area contributed by atoms with Crippen LogP contribution in [-0.4, -0.2) is 93.3 Å². The van der Waals surface area contributed by atoms with E-state index in [0.717, 1.165) is 45.4 Å². The van der Waals surface area contributed by atoms with Crippen LogP contribution in [0.2, 0.25) is 0 Å². The van der Waals surface area contributed by atoms with Gasteiger partial charge in [-0.3, -0.25) is 4.99 Å². The summed E-state index contributed by atoms with van der Waals surface area (Å²) < 4.78 is 5.31. The van der Waals surface area contributed by atoms with Gasteiger partial charge in [0.1, 0.15) is 0 Å². The molecule has 0 aromatic carbocycles. The zero-order valence-electron chi connectivity index (χ0n) is 12.9. The van der Waals surface area contributed by atoms with Crippen molar-refractivity contribution in [2.24, 2.45) is 10.7 Å². The zero-order valence-corrected chi connectivity index (χ0v) is 12.9. The molecule has 2 heterocycles. The van der Waals surface area contributed by atoms with Crippen LogP contribution in [0.5, 0.6) is 0 Å². The molecule has 2 rings (SSSR count). The molecule has 6 heteroatoms. The summed E-state index contributed by atoms with van der Waals surface area (Å²) in [5.74, 6) is 0.677. The molecule has 2 fully saturated rings. The first-order valence-electron chi connectivity index (χ1n) is 7.68. The first-order chi connectivity index (χ1) is 9.66. The summed E-state index contributed by atoms with van der Waals surface area (Å²) in [5.41, 5.74) is 6.02. The molecule has 0 bridgehead atoms. The van der Waals surface area contributed by atoms with Crippen molar-refractivity contribution in [3.05, 3.63) is 0 Å². The van der Waals surface area contributed by atoms with Gasteiger partial charge in [-0.1, -0.05) is 0 Å². The van der Waals surface area contributed by atoms with Gasteiger partial charge in [0.25, 0.3) is 0 Å². The van der Waals surface area contributed by atoms with E-state index in [1.807, 2.05) is 0 Å². The third-order valence-electron chi connectivity index (χ3n) is 4.31. The Bertz CT molecular complexity index is 307. The largest absolute Gasteiger partial charge is 0.378 e. The maximum atomic E-state index is 6.02. The van der Waals surface area contributed by atoms with Gasteiger partial charge in [-0.2, -0.15) is 0 Å². The van der Waals surface area contributed by atoms with Gasteiger partial charge in [-0.25, -0.2) is 0 Å². The second kappa shape index (κ2) is 7.81. The Morgan fingerprint density at radius 2 is 1.85 bits per heavy atom. The van der Waals surface area contributed by atoms with E-state index < -0.39 is 0 Å². The van der Waals surface area contributed by atoms with Gasteiger partial charge in [-0.15, -0.1) is 0 Å². The fraction of sp³-hybridized carbons (Fsp3) is 0.929. The van der Waals surface area contributed by atoms with E-state index in [4.69, 9.17) is 10.5 Å². The number of morpholine rings is 1. The molecule has 20 heavy (non-hydrogen) atoms. The fourth-order valence-corrected chi connectivity index (χ4v) is 2.86. The summed E-state index contributed by atoms with van der Waals surface area (Å²) in [6, 6.07) is 0.744. The molecule has 2 aliphatic heterocycles. The quantitative estimate of drug-likeness (QED) is 0.565. The Kier molecular flexibility index (Phi) is 6.06. The Balaban J connectivity index is 1.65. The van der Waals surface area contributed by atoms with Crippen molar-refractivity contribution in [3.63, 3.8) is 0 Å². The number of aliphatic imine (C=N–C) groups is 1. The van der Waals surface area contributed by atoms with Gasteiger partial charge < -0.3 is 25.2 Å². The van der Waals surface area contributed by atoms with E-state index >= 15 is 0 Å². The zero-order chi connectivity index (χ0) is 14.4. The summed E-state index contributed by atoms with van der Waals surface area (Å²) in [6.45, 7) is 7.42. The molecule has 0 amide bonds. The van der Waals surface area contributed by atoms with Crippen LogP contribution in [-0.2, 0) is 4.74 Å². The van der Waals surface area contributed by atoms with Crippen LogP contribution >= 0.6 is 0 Å². The second-order valence-electron chi connectivity index (χ2n) is 5.88. The number of rotatable bonds is 4. The van der Waals surface area contributed by atoms with Crippen molar-refractivity contribution >= 4 is 5.96 Å². The van der Waals surface area contributed by atoms with Crippen LogP contribution in [0.1, 0.15) is 12.8 Å². The summed E-state index contributed by atoms with van der Waals surface area (Å²) in [6.07, 6.45) is 2.52. The number of likely N-dealkylation sites (tertiary alicyclic amines) is 1. The molecule has 0 unspecified atom stereocenters. The third kappa shape index (κ3) is 4.61. The molecule has 2 aliphatic rings. The maximum Gasteiger partial charge on any atom is 0.191 e. The van der Waals surface area contributed by atoms with Crippen LogP contribution in [0.15, 0.2) is 4.99 Å². The molecule has 2 saturated heterocycles. The van der Waals surface area contributed by atoms with Crippen LogP contribution in [0.4, 0.5) is 0 Å². The average Bonchev–Trinajstić information content (AvgIpc) is 2.48. The molecular formula is C14H29N5O. The fourth-order valence-electron chi connectivity index (χ4n) is 2.86. The minimum Gasteiger partial charge on any atom is -0.378 e. The summed E-state index contributed by atoms with van der Waals surface area (Å²) >= 11 is 0. The highest BCUT2D eigenvalue weighted by molar-refractivity contribution is 5.78. The van der Waals surface area contributed by atoms with Crippen LogP contribution in [0, 0.1) is 0 Å². The molecule has 0 aliphatic carbocycles. The second-order valence-corrected chi connectivity index (χ2v) is 5.88. The third-order valence-corrected chi connectivity index (χ3v) is 4.31. The van der Waals surface area contributed by atoms with E-state index in [1.54, 1.807) is 0 Å². The van der Waals surface area contributed by atoms with Crippen molar-refractivity contribution < 1.29 is 4.74 Å². The predicted molar refractivity (Wildman–Crippen MR) is 82.0 cm³/mol. The topological polar surface area (TPSA) is 57.3 Å². The van der Waals surface area contributed by atoms with Crippen LogP contribution in [0.3, 0.4) is 0 Å². The molecule has 0 saturated carbocycles. The summed E-state index contributed by atoms with van der Waals surface area (Å²) in [7, 11) is 4.35. The van der Waals surface area contributed by atoms with E-state index in [0.29, 0.717) is 5.96 Å². The normalized spacial score (nSPS) is 23.6. The molecule has 0 atom stereocenters. The van der Waals surface area contributed by atoms with Gasteiger partial charge >= 0.3 is 0 Å². The van der Waals surface area contributed by atoms with Crippen molar-refractivity contribution in [2.75, 3.05) is 66.6 Å². The number of piperidine rings is 1. The van der Waals surface area contributed by atoms with Gasteiger partial charge in [0.15, 0.2) is 5.96 Å². The number of guanidine groups is 1. The molecule has 6 nitrogen and oxygen atoms in total. The highest BCUT2D eigenvalue weighted by atomic mass is 16.5. The highest BCUT2D eigenvalue weighted by Crippen LogP contribution is 2.13. The first-order valence-corrected chi connectivity index (χ1v) is 7.68. The Morgan fingerprint density at radius 1 is 1.20 bits per heavy atom. The highest BCUT2D eigenvalue weighted by Gasteiger charge is 2.20. The lowest BCUT2D eigenvalue weighted by atomic mass is 10.0. The van der Waals surface area contributed by atoms with Crippen molar-refractivity contribution in [2.45, 2.75) is 18.9 Å². The molecule has 2 N–H and O–H groups in total. The molecule has 0 aromatic rings. The van der Waals surface area contributed by atoms with Crippen LogP contribution < -0.4 is 5.73 Å². The number of ether oxygens (including phenoxy) is 1. The smallest absolute Gasteiger partial charge is 0.191 e. The monoisotopic (exact) mass is 283 g/mol. The summed E-state index contributed by atoms with van der Waals surface area (Å²) in [4.78, 5) is 11.5. The molecule has 0 spiro atoms. The minimum atomic E-state index is 0.677. The lowest BCUT2D eigenvalue weighted by Crippen LogP contribution is -2.45. The summed E-state index contributed by atoms with van der Waals surface area (Å²) in [5, 5.41) is 0. The number of hydrogen-bond donors (Lipinski definition) is 1. The standard InChI is InChI=1S/C14H29N5O/c1-17(2)13-3-6-18(7-4-13)8-5-16-14(15)19-9-11-20-12-10-19/h13H,3-12H2,1-2H3,(H2,15,16). The first kappa shape index (κ1) is 15.5. The van der Waals surface area contributed by atoms with Gasteiger partial charge in [0, 0.05) is 25.7 Å². The van der Waals surface area contributed by atoms with Crippen molar-refractivity contribution in [3.8, 4) is 0 Å². The van der Waals surface area contributed by atoms with E-state index in [1.165, 1.54) is 25.9 Å². The number of hydrogen-bond acceptors (Lipinski definition) is 4. The molecular weight excluding hydrogens is 254 g/mol. The maximum absolute atomic E-state index is 6.02. The lowest BCUT2D eigenvalue weighted by Gasteiger charge is -2.35. The van der Waals surface area contributed by atoms with Crippen molar-refractivity contribution in [1.29, 1.82) is 0 Å². The Labute approximate surface area is 122 Å². The lowest BCUT2D eigenvalue weighted by molar-refractivity contribution is 0.0673. The van der Waals surface area contributed by atoms with Crippen molar-refractivity contribution in [1.82, 2.24) is 14.7 Å². The molecule has 0 aromatic heterocycles. The van der Waals surface area contributed by atoms with Gasteiger partial charge in [-0.05, 0) is 40.0 Å². The van der Waals surface area contributed by atoms with Crippen LogP contribution in [0.25, 0.3) is 0 Å². The average molecular weight is 283 g/mol. The van der Waals surface area contributed by atoms with E-state index in [-0.39, 0.29) is 0 Å². The molecule has 116 valence electrons. The molecule has 0 radical (unpaired) electrons. The Morgan fingerprint density at radius 3 is 2.45 bits per heavy atom. The number of nitrogens with two attached hydrogens (primary N) is 1.